The van der Waals surface area contributed by atoms with Crippen molar-refractivity contribution >= 4 is 11.4 Å². The topological polar surface area (TPSA) is 52.0 Å². The third-order valence-electron chi connectivity index (χ3n) is 7.24. The van der Waals surface area contributed by atoms with Gasteiger partial charge in [0.25, 0.3) is 0 Å². The Morgan fingerprint density at radius 3 is 0.721 bits per heavy atom. The average molecular weight is 563 g/mol. The van der Waals surface area contributed by atoms with E-state index in [0.29, 0.717) is 0 Å². The van der Waals surface area contributed by atoms with Gasteiger partial charge in [0.15, 0.2) is 0 Å². The monoisotopic (exact) mass is 562 g/mol. The van der Waals surface area contributed by atoms with E-state index in [9.17, 15) is 0 Å². The van der Waals surface area contributed by atoms with Crippen molar-refractivity contribution in [2.75, 3.05) is 11.5 Å². The van der Waals surface area contributed by atoms with Crippen LogP contribution in [0.25, 0.3) is 55.6 Å². The quantitative estimate of drug-likeness (QED) is 0.205. The molecule has 43 heavy (non-hydrogen) atoms. The lowest BCUT2D eigenvalue weighted by Gasteiger charge is -2.13. The number of rotatable bonds is 5. The Bertz CT molecular complexity index is 1600. The third-order valence-corrected chi connectivity index (χ3v) is 7.24. The fourth-order valence-corrected chi connectivity index (χ4v) is 4.93. The van der Waals surface area contributed by atoms with Gasteiger partial charge in [0.1, 0.15) is 0 Å². The SMILES string of the molecule is CC.CC.Cc1ccc(-c2ccc(-c3cc(-c4ccc(N)cc4)cc(-c4ccc(-c5ccc(N)cc5)cc4)c3)cc2)cc1. The first-order valence-corrected chi connectivity index (χ1v) is 15.2. The Morgan fingerprint density at radius 2 is 0.465 bits per heavy atom. The number of nitrogen functional groups attached to an aromatic ring is 2. The van der Waals surface area contributed by atoms with Crippen molar-refractivity contribution in [2.24, 2.45) is 0 Å². The van der Waals surface area contributed by atoms with E-state index in [-0.39, 0.29) is 0 Å². The lowest BCUT2D eigenvalue weighted by molar-refractivity contribution is 1.47. The molecular weight excluding hydrogens is 520 g/mol. The molecule has 0 spiro atoms. The van der Waals surface area contributed by atoms with Crippen molar-refractivity contribution in [2.45, 2.75) is 34.6 Å². The Balaban J connectivity index is 0.00000102. The number of nitrogens with two attached hydrogens (primary N) is 2. The fourth-order valence-electron chi connectivity index (χ4n) is 4.93. The molecule has 0 unspecified atom stereocenters. The van der Waals surface area contributed by atoms with Crippen molar-refractivity contribution in [1.82, 2.24) is 0 Å². The first kappa shape index (κ1) is 30.9. The minimum absolute atomic E-state index is 0.764. The van der Waals surface area contributed by atoms with Crippen LogP contribution in [0.2, 0.25) is 0 Å². The summed E-state index contributed by atoms with van der Waals surface area (Å²) < 4.78 is 0. The first-order valence-electron chi connectivity index (χ1n) is 15.2. The second kappa shape index (κ2) is 14.7. The van der Waals surface area contributed by atoms with Gasteiger partial charge in [-0.3, -0.25) is 0 Å². The second-order valence-electron chi connectivity index (χ2n) is 10.1. The van der Waals surface area contributed by atoms with Crippen LogP contribution in [0.3, 0.4) is 0 Å². The highest BCUT2D eigenvalue weighted by Crippen LogP contribution is 2.35. The van der Waals surface area contributed by atoms with E-state index in [1.807, 2.05) is 52.0 Å². The summed E-state index contributed by atoms with van der Waals surface area (Å²) in [4.78, 5) is 0. The van der Waals surface area contributed by atoms with E-state index in [1.165, 1.54) is 44.5 Å². The standard InChI is InChI=1S/C37H30N2.2C2H6/c1-25-2-4-26(5-3-25)27-6-10-30(11-7-27)33-22-34(24-35(23-33)32-16-20-37(39)21-17-32)31-12-8-28(9-13-31)29-14-18-36(38)19-15-29;2*1-2/h2-24H,38-39H2,1H3;2*1-2H3. The normalized spacial score (nSPS) is 10.2. The van der Waals surface area contributed by atoms with Gasteiger partial charge < -0.3 is 11.5 Å². The molecule has 216 valence electrons. The van der Waals surface area contributed by atoms with Gasteiger partial charge in [-0.1, -0.05) is 130 Å². The maximum Gasteiger partial charge on any atom is 0.0314 e. The van der Waals surface area contributed by atoms with Crippen LogP contribution in [-0.4, -0.2) is 0 Å². The molecule has 6 rings (SSSR count). The van der Waals surface area contributed by atoms with Gasteiger partial charge in [-0.25, -0.2) is 0 Å². The second-order valence-corrected chi connectivity index (χ2v) is 10.1. The van der Waals surface area contributed by atoms with Crippen molar-refractivity contribution in [3.05, 3.63) is 145 Å². The summed E-state index contributed by atoms with van der Waals surface area (Å²) in [5, 5.41) is 0. The smallest absolute Gasteiger partial charge is 0.0314 e. The molecule has 6 aromatic carbocycles. The highest BCUT2D eigenvalue weighted by atomic mass is 14.5. The summed E-state index contributed by atoms with van der Waals surface area (Å²) in [7, 11) is 0. The minimum Gasteiger partial charge on any atom is -0.399 e. The van der Waals surface area contributed by atoms with Gasteiger partial charge in [-0.05, 0) is 105 Å². The zero-order chi connectivity index (χ0) is 30.8. The van der Waals surface area contributed by atoms with Crippen LogP contribution in [0.5, 0.6) is 0 Å². The van der Waals surface area contributed by atoms with E-state index in [4.69, 9.17) is 11.5 Å². The molecule has 0 aliphatic heterocycles. The van der Waals surface area contributed by atoms with Gasteiger partial charge in [-0.15, -0.1) is 0 Å². The highest BCUT2D eigenvalue weighted by Gasteiger charge is 2.09. The summed E-state index contributed by atoms with van der Waals surface area (Å²) >= 11 is 0. The van der Waals surface area contributed by atoms with Gasteiger partial charge in [0.05, 0.1) is 0 Å². The molecule has 0 fully saturated rings. The highest BCUT2D eigenvalue weighted by molar-refractivity contribution is 5.83. The van der Waals surface area contributed by atoms with Crippen molar-refractivity contribution in [1.29, 1.82) is 0 Å². The van der Waals surface area contributed by atoms with E-state index >= 15 is 0 Å². The van der Waals surface area contributed by atoms with Crippen LogP contribution < -0.4 is 11.5 Å². The van der Waals surface area contributed by atoms with E-state index in [0.717, 1.165) is 28.1 Å². The number of hydrogen-bond acceptors (Lipinski definition) is 2. The number of aryl methyl sites for hydroxylation is 1. The van der Waals surface area contributed by atoms with Gasteiger partial charge in [0.2, 0.25) is 0 Å². The molecule has 2 nitrogen and oxygen atoms in total. The minimum atomic E-state index is 0.764. The molecule has 0 bridgehead atoms. The molecule has 2 heteroatoms. The van der Waals surface area contributed by atoms with Gasteiger partial charge in [0, 0.05) is 11.4 Å². The van der Waals surface area contributed by atoms with Crippen LogP contribution in [0.4, 0.5) is 11.4 Å². The molecule has 0 saturated heterocycles. The van der Waals surface area contributed by atoms with Crippen molar-refractivity contribution in [3.8, 4) is 55.6 Å². The lowest BCUT2D eigenvalue weighted by atomic mass is 9.92. The molecule has 0 aliphatic carbocycles. The Hall–Kier alpha value is -5.08. The lowest BCUT2D eigenvalue weighted by Crippen LogP contribution is -1.88. The number of hydrogen-bond donors (Lipinski definition) is 2. The van der Waals surface area contributed by atoms with Gasteiger partial charge in [-0.2, -0.15) is 0 Å². The molecule has 4 N–H and O–H groups in total. The first-order chi connectivity index (χ1) is 21.0. The molecule has 0 aromatic heterocycles. The molecule has 0 saturated carbocycles. The molecule has 0 amide bonds. The summed E-state index contributed by atoms with van der Waals surface area (Å²) in [6.45, 7) is 10.1. The van der Waals surface area contributed by atoms with Crippen LogP contribution in [0.15, 0.2) is 140 Å². The van der Waals surface area contributed by atoms with E-state index in [2.05, 4.69) is 122 Å². The van der Waals surface area contributed by atoms with Crippen molar-refractivity contribution < 1.29 is 0 Å². The molecule has 0 aliphatic rings. The Labute approximate surface area is 257 Å². The zero-order valence-corrected chi connectivity index (χ0v) is 25.9. The average Bonchev–Trinajstić information content (AvgIpc) is 3.08. The zero-order valence-electron chi connectivity index (χ0n) is 25.9. The van der Waals surface area contributed by atoms with Crippen LogP contribution >= 0.6 is 0 Å². The van der Waals surface area contributed by atoms with E-state index < -0.39 is 0 Å². The summed E-state index contributed by atoms with van der Waals surface area (Å²) in [6.07, 6.45) is 0. The molecule has 6 aromatic rings. The summed E-state index contributed by atoms with van der Waals surface area (Å²) in [5.41, 5.74) is 26.4. The number of anilines is 2. The third kappa shape index (κ3) is 7.61. The summed E-state index contributed by atoms with van der Waals surface area (Å²) in [5.74, 6) is 0. The Morgan fingerprint density at radius 1 is 0.279 bits per heavy atom. The predicted molar refractivity (Wildman–Crippen MR) is 190 cm³/mol. The van der Waals surface area contributed by atoms with Crippen LogP contribution in [0.1, 0.15) is 33.3 Å². The largest absolute Gasteiger partial charge is 0.399 e. The van der Waals surface area contributed by atoms with Crippen LogP contribution in [0, 0.1) is 6.92 Å². The van der Waals surface area contributed by atoms with Crippen LogP contribution in [-0.2, 0) is 0 Å². The predicted octanol–water partition coefficient (Wildman–Crippen LogP) is 11.5. The fraction of sp³-hybridized carbons (Fsp3) is 0.122. The van der Waals surface area contributed by atoms with Gasteiger partial charge >= 0.3 is 0 Å². The number of benzene rings is 6. The summed E-state index contributed by atoms with van der Waals surface area (Å²) in [6, 6.07) is 49.1. The molecule has 0 heterocycles. The van der Waals surface area contributed by atoms with E-state index in [1.54, 1.807) is 0 Å². The van der Waals surface area contributed by atoms with Crippen molar-refractivity contribution in [3.63, 3.8) is 0 Å². The molecular formula is C41H42N2. The molecule has 0 radical (unpaired) electrons. The maximum atomic E-state index is 5.98. The Kier molecular flexibility index (Phi) is 10.6. The maximum absolute atomic E-state index is 5.98. The molecule has 0 atom stereocenters.